The monoisotopic (exact) mass is 301 g/mol. The van der Waals surface area contributed by atoms with Crippen LogP contribution in [-0.2, 0) is 11.3 Å². The molecule has 1 aliphatic rings. The van der Waals surface area contributed by atoms with Gasteiger partial charge in [-0.3, -0.25) is 4.90 Å². The summed E-state index contributed by atoms with van der Waals surface area (Å²) in [5, 5.41) is 10.4. The van der Waals surface area contributed by atoms with Crippen molar-refractivity contribution >= 4 is 0 Å². The standard InChI is InChI=1S/C18H20FNO2/c19-16-8-4-7-15(11-16)18(21)17-13-20(9-10-22-17)12-14-5-2-1-3-6-14/h1-8,11,17-18,21H,9-10,12-13H2/t17?,18-/m1/s1. The number of nitrogens with zero attached hydrogens (tertiary/aromatic N) is 1. The van der Waals surface area contributed by atoms with Crippen LogP contribution in [0, 0.1) is 5.82 Å². The molecule has 0 radical (unpaired) electrons. The zero-order chi connectivity index (χ0) is 15.4. The molecule has 0 aromatic heterocycles. The van der Waals surface area contributed by atoms with Crippen LogP contribution in [-0.4, -0.2) is 35.8 Å². The van der Waals surface area contributed by atoms with Crippen LogP contribution in [0.2, 0.25) is 0 Å². The number of aliphatic hydroxyl groups excluding tert-OH is 1. The molecular weight excluding hydrogens is 281 g/mol. The van der Waals surface area contributed by atoms with Gasteiger partial charge in [0.1, 0.15) is 18.0 Å². The Kier molecular flexibility index (Phi) is 4.83. The minimum Gasteiger partial charge on any atom is -0.386 e. The molecule has 1 N–H and O–H groups in total. The van der Waals surface area contributed by atoms with E-state index in [2.05, 4.69) is 17.0 Å². The largest absolute Gasteiger partial charge is 0.386 e. The van der Waals surface area contributed by atoms with E-state index in [-0.39, 0.29) is 11.9 Å². The van der Waals surface area contributed by atoms with Crippen molar-refractivity contribution in [1.29, 1.82) is 0 Å². The summed E-state index contributed by atoms with van der Waals surface area (Å²) in [7, 11) is 0. The van der Waals surface area contributed by atoms with Crippen LogP contribution in [0.15, 0.2) is 54.6 Å². The third kappa shape index (κ3) is 3.71. The van der Waals surface area contributed by atoms with E-state index in [0.29, 0.717) is 18.7 Å². The van der Waals surface area contributed by atoms with Gasteiger partial charge in [-0.15, -0.1) is 0 Å². The molecule has 4 heteroatoms. The molecule has 2 aromatic carbocycles. The Balaban J connectivity index is 1.65. The van der Waals surface area contributed by atoms with Gasteiger partial charge < -0.3 is 9.84 Å². The molecule has 0 spiro atoms. The number of hydrogen-bond donors (Lipinski definition) is 1. The van der Waals surface area contributed by atoms with E-state index in [0.717, 1.165) is 13.1 Å². The predicted octanol–water partition coefficient (Wildman–Crippen LogP) is 2.76. The summed E-state index contributed by atoms with van der Waals surface area (Å²) in [6.07, 6.45) is -1.14. The summed E-state index contributed by atoms with van der Waals surface area (Å²) in [5.41, 5.74) is 1.80. The molecule has 0 aliphatic carbocycles. The van der Waals surface area contributed by atoms with Gasteiger partial charge in [0.05, 0.1) is 6.61 Å². The fourth-order valence-electron chi connectivity index (χ4n) is 2.81. The topological polar surface area (TPSA) is 32.7 Å². The van der Waals surface area contributed by atoms with E-state index in [9.17, 15) is 9.50 Å². The molecule has 1 aliphatic heterocycles. The number of benzene rings is 2. The number of aliphatic hydroxyl groups is 1. The molecule has 0 saturated carbocycles. The zero-order valence-electron chi connectivity index (χ0n) is 12.4. The Bertz CT molecular complexity index is 605. The molecule has 2 atom stereocenters. The van der Waals surface area contributed by atoms with Crippen molar-refractivity contribution < 1.29 is 14.2 Å². The van der Waals surface area contributed by atoms with Crippen LogP contribution >= 0.6 is 0 Å². The average Bonchev–Trinajstić information content (AvgIpc) is 2.55. The first-order valence-corrected chi connectivity index (χ1v) is 7.54. The Labute approximate surface area is 130 Å². The number of halogens is 1. The second kappa shape index (κ2) is 7.01. The lowest BCUT2D eigenvalue weighted by Gasteiger charge is -2.35. The third-order valence-electron chi connectivity index (χ3n) is 3.97. The Morgan fingerprint density at radius 2 is 2.00 bits per heavy atom. The summed E-state index contributed by atoms with van der Waals surface area (Å²) in [6, 6.07) is 16.3. The van der Waals surface area contributed by atoms with Crippen LogP contribution in [0.4, 0.5) is 4.39 Å². The second-order valence-corrected chi connectivity index (χ2v) is 5.63. The summed E-state index contributed by atoms with van der Waals surface area (Å²) in [6.45, 7) is 2.87. The van der Waals surface area contributed by atoms with E-state index in [1.807, 2.05) is 18.2 Å². The molecular formula is C18H20FNO2. The van der Waals surface area contributed by atoms with Crippen LogP contribution < -0.4 is 0 Å². The first-order valence-electron chi connectivity index (χ1n) is 7.54. The van der Waals surface area contributed by atoms with Gasteiger partial charge in [0.2, 0.25) is 0 Å². The van der Waals surface area contributed by atoms with Gasteiger partial charge in [0.25, 0.3) is 0 Å². The quantitative estimate of drug-likeness (QED) is 0.942. The van der Waals surface area contributed by atoms with Crippen molar-refractivity contribution in [3.63, 3.8) is 0 Å². The van der Waals surface area contributed by atoms with E-state index < -0.39 is 6.10 Å². The van der Waals surface area contributed by atoms with Crippen molar-refractivity contribution in [2.24, 2.45) is 0 Å². The van der Waals surface area contributed by atoms with Gasteiger partial charge in [-0.2, -0.15) is 0 Å². The summed E-state index contributed by atoms with van der Waals surface area (Å²) < 4.78 is 19.0. The smallest absolute Gasteiger partial charge is 0.123 e. The normalized spacial score (nSPS) is 20.7. The molecule has 116 valence electrons. The Hall–Kier alpha value is -1.75. The number of morpholine rings is 1. The van der Waals surface area contributed by atoms with Gasteiger partial charge in [-0.05, 0) is 23.3 Å². The molecule has 1 saturated heterocycles. The van der Waals surface area contributed by atoms with Crippen molar-refractivity contribution in [2.45, 2.75) is 18.8 Å². The van der Waals surface area contributed by atoms with Crippen molar-refractivity contribution in [2.75, 3.05) is 19.7 Å². The van der Waals surface area contributed by atoms with E-state index in [1.54, 1.807) is 12.1 Å². The molecule has 2 aromatic rings. The van der Waals surface area contributed by atoms with Gasteiger partial charge >= 0.3 is 0 Å². The minimum absolute atomic E-state index is 0.334. The number of rotatable bonds is 4. The lowest BCUT2D eigenvalue weighted by Crippen LogP contribution is -2.44. The second-order valence-electron chi connectivity index (χ2n) is 5.63. The fraction of sp³-hybridized carbons (Fsp3) is 0.333. The maximum atomic E-state index is 13.3. The number of hydrogen-bond acceptors (Lipinski definition) is 3. The van der Waals surface area contributed by atoms with Crippen LogP contribution in [0.1, 0.15) is 17.2 Å². The Morgan fingerprint density at radius 1 is 1.18 bits per heavy atom. The lowest BCUT2D eigenvalue weighted by atomic mass is 10.0. The molecule has 1 fully saturated rings. The highest BCUT2D eigenvalue weighted by atomic mass is 19.1. The first-order chi connectivity index (χ1) is 10.7. The summed E-state index contributed by atoms with van der Waals surface area (Å²) >= 11 is 0. The van der Waals surface area contributed by atoms with Crippen LogP contribution in [0.3, 0.4) is 0 Å². The SMILES string of the molecule is O[C@H](c1cccc(F)c1)C1CN(Cc2ccccc2)CCO1. The van der Waals surface area contributed by atoms with E-state index in [4.69, 9.17) is 4.74 Å². The van der Waals surface area contributed by atoms with Crippen LogP contribution in [0.5, 0.6) is 0 Å². The fourth-order valence-corrected chi connectivity index (χ4v) is 2.81. The average molecular weight is 301 g/mol. The highest BCUT2D eigenvalue weighted by Gasteiger charge is 2.28. The van der Waals surface area contributed by atoms with Gasteiger partial charge in [-0.25, -0.2) is 4.39 Å². The molecule has 1 heterocycles. The Morgan fingerprint density at radius 3 is 2.77 bits per heavy atom. The van der Waals surface area contributed by atoms with Gasteiger partial charge in [0.15, 0.2) is 0 Å². The summed E-state index contributed by atoms with van der Waals surface area (Å²) in [5.74, 6) is -0.339. The predicted molar refractivity (Wildman–Crippen MR) is 82.8 cm³/mol. The zero-order valence-corrected chi connectivity index (χ0v) is 12.4. The maximum absolute atomic E-state index is 13.3. The van der Waals surface area contributed by atoms with E-state index in [1.165, 1.54) is 17.7 Å². The summed E-state index contributed by atoms with van der Waals surface area (Å²) in [4.78, 5) is 2.26. The van der Waals surface area contributed by atoms with Gasteiger partial charge in [-0.1, -0.05) is 42.5 Å². The molecule has 0 bridgehead atoms. The van der Waals surface area contributed by atoms with Crippen LogP contribution in [0.25, 0.3) is 0 Å². The molecule has 3 nitrogen and oxygen atoms in total. The van der Waals surface area contributed by atoms with Crippen molar-refractivity contribution in [3.8, 4) is 0 Å². The van der Waals surface area contributed by atoms with Gasteiger partial charge in [0, 0.05) is 19.6 Å². The molecule has 1 unspecified atom stereocenters. The highest BCUT2D eigenvalue weighted by Crippen LogP contribution is 2.23. The highest BCUT2D eigenvalue weighted by molar-refractivity contribution is 5.20. The molecule has 22 heavy (non-hydrogen) atoms. The third-order valence-corrected chi connectivity index (χ3v) is 3.97. The van der Waals surface area contributed by atoms with Crippen molar-refractivity contribution in [3.05, 3.63) is 71.5 Å². The maximum Gasteiger partial charge on any atom is 0.123 e. The minimum atomic E-state index is -0.811. The molecule has 0 amide bonds. The molecule has 3 rings (SSSR count). The lowest BCUT2D eigenvalue weighted by molar-refractivity contribution is -0.0919. The number of ether oxygens (including phenoxy) is 1. The first kappa shape index (κ1) is 15.2. The van der Waals surface area contributed by atoms with E-state index >= 15 is 0 Å². The van der Waals surface area contributed by atoms with Crippen molar-refractivity contribution in [1.82, 2.24) is 4.90 Å².